The van der Waals surface area contributed by atoms with Gasteiger partial charge in [-0.15, -0.1) is 0 Å². The fraction of sp³-hybridized carbons (Fsp3) is 0.750. The highest BCUT2D eigenvalue weighted by atomic mass is 32.2. The molecule has 1 aliphatic heterocycles. The SMILES string of the molecule is CCCS(=O)(=O)N1CCCC(C(=O)NCCCc2cnn(C)c2)C1. The molecule has 8 heteroatoms. The number of aromatic nitrogens is 2. The van der Waals surface area contributed by atoms with Crippen molar-refractivity contribution < 1.29 is 13.2 Å². The van der Waals surface area contributed by atoms with Crippen LogP contribution in [0.3, 0.4) is 0 Å². The monoisotopic (exact) mass is 356 g/mol. The minimum atomic E-state index is -3.21. The zero-order chi connectivity index (χ0) is 17.6. The lowest BCUT2D eigenvalue weighted by Gasteiger charge is -2.31. The summed E-state index contributed by atoms with van der Waals surface area (Å²) in [5, 5.41) is 7.06. The van der Waals surface area contributed by atoms with E-state index in [4.69, 9.17) is 0 Å². The molecule has 1 unspecified atom stereocenters. The highest BCUT2D eigenvalue weighted by molar-refractivity contribution is 7.89. The minimum Gasteiger partial charge on any atom is -0.356 e. The second-order valence-electron chi connectivity index (χ2n) is 6.43. The molecular weight excluding hydrogens is 328 g/mol. The molecule has 0 saturated carbocycles. The summed E-state index contributed by atoms with van der Waals surface area (Å²) in [6.07, 6.45) is 7.63. The van der Waals surface area contributed by atoms with Gasteiger partial charge in [-0.05, 0) is 37.7 Å². The topological polar surface area (TPSA) is 84.3 Å². The summed E-state index contributed by atoms with van der Waals surface area (Å²) >= 11 is 0. The van der Waals surface area contributed by atoms with Gasteiger partial charge in [0.15, 0.2) is 0 Å². The van der Waals surface area contributed by atoms with Crippen LogP contribution in [0.4, 0.5) is 0 Å². The first-order chi connectivity index (χ1) is 11.4. The van der Waals surface area contributed by atoms with Crippen molar-refractivity contribution in [2.45, 2.75) is 39.0 Å². The fourth-order valence-corrected chi connectivity index (χ4v) is 4.63. The summed E-state index contributed by atoms with van der Waals surface area (Å²) < 4.78 is 27.6. The van der Waals surface area contributed by atoms with E-state index in [-0.39, 0.29) is 17.6 Å². The third kappa shape index (κ3) is 5.31. The van der Waals surface area contributed by atoms with Crippen molar-refractivity contribution in [3.05, 3.63) is 18.0 Å². The molecule has 1 fully saturated rings. The van der Waals surface area contributed by atoms with E-state index in [0.29, 0.717) is 26.1 Å². The zero-order valence-electron chi connectivity index (χ0n) is 14.6. The molecule has 2 rings (SSSR count). The standard InChI is InChI=1S/C16H28N4O3S/c1-3-10-24(22,23)20-9-5-7-15(13-20)16(21)17-8-4-6-14-11-18-19(2)12-14/h11-12,15H,3-10,13H2,1-2H3,(H,17,21). The number of aryl methyl sites for hydroxylation is 2. The Labute approximate surface area is 144 Å². The predicted octanol–water partition coefficient (Wildman–Crippen LogP) is 0.921. The van der Waals surface area contributed by atoms with Crippen molar-refractivity contribution in [1.82, 2.24) is 19.4 Å². The van der Waals surface area contributed by atoms with Crippen LogP contribution >= 0.6 is 0 Å². The van der Waals surface area contributed by atoms with Crippen molar-refractivity contribution in [2.75, 3.05) is 25.4 Å². The maximum Gasteiger partial charge on any atom is 0.224 e. The molecule has 1 saturated heterocycles. The van der Waals surface area contributed by atoms with Crippen LogP contribution < -0.4 is 5.32 Å². The Morgan fingerprint density at radius 2 is 2.25 bits per heavy atom. The van der Waals surface area contributed by atoms with Crippen molar-refractivity contribution in [3.63, 3.8) is 0 Å². The lowest BCUT2D eigenvalue weighted by molar-refractivity contribution is -0.126. The van der Waals surface area contributed by atoms with Crippen molar-refractivity contribution in [1.29, 1.82) is 0 Å². The molecule has 136 valence electrons. The van der Waals surface area contributed by atoms with Gasteiger partial charge >= 0.3 is 0 Å². The molecule has 1 atom stereocenters. The molecule has 0 aromatic carbocycles. The summed E-state index contributed by atoms with van der Waals surface area (Å²) in [4.78, 5) is 12.3. The predicted molar refractivity (Wildman–Crippen MR) is 92.9 cm³/mol. The highest BCUT2D eigenvalue weighted by Gasteiger charge is 2.31. The van der Waals surface area contributed by atoms with E-state index in [2.05, 4.69) is 10.4 Å². The Hall–Kier alpha value is -1.41. The Bertz CT molecular complexity index is 642. The Balaban J connectivity index is 1.75. The minimum absolute atomic E-state index is 0.0300. The van der Waals surface area contributed by atoms with E-state index < -0.39 is 10.0 Å². The van der Waals surface area contributed by atoms with Crippen LogP contribution in [-0.4, -0.2) is 53.8 Å². The second kappa shape index (κ2) is 8.62. The van der Waals surface area contributed by atoms with Crippen LogP contribution in [0.25, 0.3) is 0 Å². The zero-order valence-corrected chi connectivity index (χ0v) is 15.4. The van der Waals surface area contributed by atoms with Crippen molar-refractivity contribution in [3.8, 4) is 0 Å². The third-order valence-electron chi connectivity index (χ3n) is 4.31. The van der Waals surface area contributed by atoms with Gasteiger partial charge in [-0.3, -0.25) is 9.48 Å². The molecule has 0 radical (unpaired) electrons. The Morgan fingerprint density at radius 1 is 1.46 bits per heavy atom. The van der Waals surface area contributed by atoms with Crippen molar-refractivity contribution in [2.24, 2.45) is 13.0 Å². The molecule has 7 nitrogen and oxygen atoms in total. The Morgan fingerprint density at radius 3 is 2.92 bits per heavy atom. The molecule has 24 heavy (non-hydrogen) atoms. The van der Waals surface area contributed by atoms with Crippen LogP contribution in [-0.2, 0) is 28.3 Å². The first-order valence-electron chi connectivity index (χ1n) is 8.65. The van der Waals surface area contributed by atoms with Gasteiger partial charge in [-0.1, -0.05) is 6.92 Å². The highest BCUT2D eigenvalue weighted by Crippen LogP contribution is 2.20. The molecule has 0 aliphatic carbocycles. The largest absolute Gasteiger partial charge is 0.356 e. The molecule has 1 aromatic heterocycles. The van der Waals surface area contributed by atoms with Gasteiger partial charge in [-0.25, -0.2) is 12.7 Å². The third-order valence-corrected chi connectivity index (χ3v) is 6.35. The summed E-state index contributed by atoms with van der Waals surface area (Å²) in [5.41, 5.74) is 1.15. The van der Waals surface area contributed by atoms with Crippen LogP contribution in [0, 0.1) is 5.92 Å². The number of nitrogens with one attached hydrogen (secondary N) is 1. The number of hydrogen-bond donors (Lipinski definition) is 1. The van der Waals surface area contributed by atoms with Gasteiger partial charge in [0.25, 0.3) is 0 Å². The molecule has 1 aromatic rings. The Kier molecular flexibility index (Phi) is 6.79. The number of carbonyl (C=O) groups is 1. The molecule has 1 N–H and O–H groups in total. The van der Waals surface area contributed by atoms with E-state index >= 15 is 0 Å². The van der Waals surface area contributed by atoms with Crippen molar-refractivity contribution >= 4 is 15.9 Å². The van der Waals surface area contributed by atoms with E-state index in [9.17, 15) is 13.2 Å². The number of hydrogen-bond acceptors (Lipinski definition) is 4. The van der Waals surface area contributed by atoms with Gasteiger partial charge in [0.05, 0.1) is 17.9 Å². The first-order valence-corrected chi connectivity index (χ1v) is 10.3. The maximum absolute atomic E-state index is 12.3. The average Bonchev–Trinajstić information content (AvgIpc) is 2.97. The summed E-state index contributed by atoms with van der Waals surface area (Å²) in [7, 11) is -1.33. The summed E-state index contributed by atoms with van der Waals surface area (Å²) in [6, 6.07) is 0. The van der Waals surface area contributed by atoms with Gasteiger partial charge in [0.2, 0.25) is 15.9 Å². The number of carbonyl (C=O) groups excluding carboxylic acids is 1. The number of piperidine rings is 1. The average molecular weight is 356 g/mol. The number of amides is 1. The van der Waals surface area contributed by atoms with Gasteiger partial charge in [0, 0.05) is 32.9 Å². The molecule has 1 aliphatic rings. The van der Waals surface area contributed by atoms with E-state index in [1.807, 2.05) is 26.4 Å². The van der Waals surface area contributed by atoms with E-state index in [0.717, 1.165) is 31.2 Å². The lowest BCUT2D eigenvalue weighted by atomic mass is 9.99. The number of sulfonamides is 1. The summed E-state index contributed by atoms with van der Waals surface area (Å²) in [6.45, 7) is 3.31. The molecule has 1 amide bonds. The molecular formula is C16H28N4O3S. The normalized spacial score (nSPS) is 19.3. The van der Waals surface area contributed by atoms with Crippen LogP contribution in [0.1, 0.15) is 38.2 Å². The van der Waals surface area contributed by atoms with Gasteiger partial charge < -0.3 is 5.32 Å². The maximum atomic E-state index is 12.3. The van der Waals surface area contributed by atoms with E-state index in [1.54, 1.807) is 4.68 Å². The van der Waals surface area contributed by atoms with Crippen LogP contribution in [0.15, 0.2) is 12.4 Å². The van der Waals surface area contributed by atoms with Gasteiger partial charge in [0.1, 0.15) is 0 Å². The molecule has 0 bridgehead atoms. The molecule has 0 spiro atoms. The van der Waals surface area contributed by atoms with Crippen LogP contribution in [0.2, 0.25) is 0 Å². The summed E-state index contributed by atoms with van der Waals surface area (Å²) in [5.74, 6) is -0.103. The van der Waals surface area contributed by atoms with E-state index in [1.165, 1.54) is 4.31 Å². The van der Waals surface area contributed by atoms with Crippen LogP contribution in [0.5, 0.6) is 0 Å². The van der Waals surface area contributed by atoms with Gasteiger partial charge in [-0.2, -0.15) is 5.10 Å². The smallest absolute Gasteiger partial charge is 0.224 e. The molecule has 2 heterocycles. The first kappa shape index (κ1) is 18.9. The second-order valence-corrected chi connectivity index (χ2v) is 8.52. The fourth-order valence-electron chi connectivity index (χ4n) is 3.05. The lowest BCUT2D eigenvalue weighted by Crippen LogP contribution is -2.46. The number of rotatable bonds is 8. The quantitative estimate of drug-likeness (QED) is 0.702. The number of nitrogens with zero attached hydrogens (tertiary/aromatic N) is 3.